The average molecular weight is 653 g/mol. The van der Waals surface area contributed by atoms with E-state index < -0.39 is 35.3 Å². The number of nitrogens with one attached hydrogen (secondary N) is 1. The van der Waals surface area contributed by atoms with Crippen LogP contribution in [-0.2, 0) is 19.1 Å². The standard InChI is InChI=1S/C35H48N4O8/c1-20(2)45-29-19-27-26(32(42)39(33(27)43)28-6-7-30(40)36-31(28)41)18-25(29)21-8-12-37(13-9-21)22-16-24(17-22)46-23-10-14-38(15-11-23)34(44)47-35(3,4)5/h18-24,28H,6-17H2,1-5H3,(H,36,40,41). The van der Waals surface area contributed by atoms with Crippen LogP contribution in [-0.4, -0.2) is 107 Å². The van der Waals surface area contributed by atoms with E-state index in [0.29, 0.717) is 30.4 Å². The Morgan fingerprint density at radius 1 is 0.872 bits per heavy atom. The van der Waals surface area contributed by atoms with Gasteiger partial charge in [-0.05, 0) is 116 Å². The molecule has 4 fully saturated rings. The summed E-state index contributed by atoms with van der Waals surface area (Å²) < 4.78 is 18.1. The highest BCUT2D eigenvalue weighted by molar-refractivity contribution is 6.23. The lowest BCUT2D eigenvalue weighted by molar-refractivity contribution is -0.136. The Balaban J connectivity index is 1.03. The number of nitrogens with zero attached hydrogens (tertiary/aromatic N) is 3. The maximum absolute atomic E-state index is 13.5. The zero-order valence-corrected chi connectivity index (χ0v) is 28.2. The van der Waals surface area contributed by atoms with Crippen LogP contribution >= 0.6 is 0 Å². The van der Waals surface area contributed by atoms with Gasteiger partial charge in [0.1, 0.15) is 17.4 Å². The lowest BCUT2D eigenvalue weighted by atomic mass is 9.82. The van der Waals surface area contributed by atoms with E-state index in [4.69, 9.17) is 14.2 Å². The Bertz CT molecular complexity index is 1410. The first-order chi connectivity index (χ1) is 22.3. The first-order valence-corrected chi connectivity index (χ1v) is 17.2. The predicted octanol–water partition coefficient (Wildman–Crippen LogP) is 4.00. The third-order valence-corrected chi connectivity index (χ3v) is 9.97. The van der Waals surface area contributed by atoms with Gasteiger partial charge in [-0.2, -0.15) is 0 Å². The number of imide groups is 2. The largest absolute Gasteiger partial charge is 0.491 e. The van der Waals surface area contributed by atoms with Crippen LogP contribution in [0.3, 0.4) is 0 Å². The van der Waals surface area contributed by atoms with Gasteiger partial charge >= 0.3 is 6.09 Å². The normalized spacial score (nSPS) is 26.4. The molecule has 12 nitrogen and oxygen atoms in total. The highest BCUT2D eigenvalue weighted by atomic mass is 16.6. The molecule has 0 bridgehead atoms. The van der Waals surface area contributed by atoms with Crippen LogP contribution in [0, 0.1) is 0 Å². The summed E-state index contributed by atoms with van der Waals surface area (Å²) >= 11 is 0. The molecule has 0 radical (unpaired) electrons. The van der Waals surface area contributed by atoms with Crippen molar-refractivity contribution in [3.63, 3.8) is 0 Å². The molecule has 256 valence electrons. The molecule has 1 aromatic carbocycles. The molecule has 5 amide bonds. The lowest BCUT2D eigenvalue weighted by Gasteiger charge is -2.47. The summed E-state index contributed by atoms with van der Waals surface area (Å²) in [7, 11) is 0. The van der Waals surface area contributed by atoms with Crippen molar-refractivity contribution in [2.24, 2.45) is 0 Å². The number of carbonyl (C=O) groups excluding carboxylic acids is 5. The van der Waals surface area contributed by atoms with Crippen molar-refractivity contribution in [1.29, 1.82) is 0 Å². The highest BCUT2D eigenvalue weighted by Crippen LogP contribution is 2.41. The molecule has 1 saturated carbocycles. The van der Waals surface area contributed by atoms with Gasteiger partial charge in [0.05, 0.1) is 29.4 Å². The van der Waals surface area contributed by atoms with Gasteiger partial charge in [-0.3, -0.25) is 29.4 Å². The number of carbonyl (C=O) groups is 5. The quantitative estimate of drug-likeness (QED) is 0.434. The van der Waals surface area contributed by atoms with Gasteiger partial charge in [0.15, 0.2) is 0 Å². The van der Waals surface area contributed by atoms with E-state index in [1.165, 1.54) is 0 Å². The summed E-state index contributed by atoms with van der Waals surface area (Å²) in [6.45, 7) is 12.7. The Labute approximate surface area is 276 Å². The van der Waals surface area contributed by atoms with Crippen LogP contribution in [0.25, 0.3) is 0 Å². The molecule has 0 spiro atoms. The molecule has 6 rings (SSSR count). The number of hydrogen-bond donors (Lipinski definition) is 1. The van der Waals surface area contributed by atoms with Crippen molar-refractivity contribution in [2.45, 2.75) is 128 Å². The van der Waals surface area contributed by atoms with Crippen LogP contribution in [0.4, 0.5) is 4.79 Å². The number of amides is 5. The molecular formula is C35H48N4O8. The highest BCUT2D eigenvalue weighted by Gasteiger charge is 2.46. The second-order valence-electron chi connectivity index (χ2n) is 14.9. The molecule has 1 unspecified atom stereocenters. The molecule has 1 N–H and O–H groups in total. The van der Waals surface area contributed by atoms with E-state index in [-0.39, 0.29) is 48.7 Å². The first kappa shape index (κ1) is 33.4. The number of rotatable bonds is 7. The maximum Gasteiger partial charge on any atom is 0.410 e. The predicted molar refractivity (Wildman–Crippen MR) is 171 cm³/mol. The molecule has 4 aliphatic heterocycles. The summed E-state index contributed by atoms with van der Waals surface area (Å²) in [5, 5.41) is 2.25. The molecular weight excluding hydrogens is 604 g/mol. The Hall–Kier alpha value is -3.51. The minimum atomic E-state index is -0.999. The molecule has 1 aromatic rings. The fourth-order valence-electron chi connectivity index (χ4n) is 7.48. The van der Waals surface area contributed by atoms with E-state index in [1.807, 2.05) is 34.6 Å². The van der Waals surface area contributed by atoms with Crippen molar-refractivity contribution < 1.29 is 38.2 Å². The van der Waals surface area contributed by atoms with Crippen molar-refractivity contribution in [3.8, 4) is 5.75 Å². The zero-order chi connectivity index (χ0) is 33.6. The Morgan fingerprint density at radius 3 is 2.11 bits per heavy atom. The van der Waals surface area contributed by atoms with Crippen LogP contribution in [0.5, 0.6) is 5.75 Å². The number of likely N-dealkylation sites (tertiary alicyclic amines) is 2. The van der Waals surface area contributed by atoms with Gasteiger partial charge in [0, 0.05) is 25.6 Å². The summed E-state index contributed by atoms with van der Waals surface area (Å²) in [5.74, 6) is -1.26. The van der Waals surface area contributed by atoms with Crippen molar-refractivity contribution in [3.05, 3.63) is 28.8 Å². The van der Waals surface area contributed by atoms with Crippen LogP contribution < -0.4 is 10.1 Å². The summed E-state index contributed by atoms with van der Waals surface area (Å²) in [6.07, 6.45) is 5.71. The zero-order valence-electron chi connectivity index (χ0n) is 28.2. The number of fused-ring (bicyclic) bond motifs is 1. The minimum Gasteiger partial charge on any atom is -0.491 e. The molecule has 4 heterocycles. The van der Waals surface area contributed by atoms with Crippen molar-refractivity contribution in [1.82, 2.24) is 20.0 Å². The van der Waals surface area contributed by atoms with Gasteiger partial charge in [0.25, 0.3) is 11.8 Å². The Kier molecular flexibility index (Phi) is 9.37. The third-order valence-electron chi connectivity index (χ3n) is 9.97. The monoisotopic (exact) mass is 652 g/mol. The van der Waals surface area contributed by atoms with E-state index in [0.717, 1.165) is 62.1 Å². The van der Waals surface area contributed by atoms with Gasteiger partial charge < -0.3 is 24.0 Å². The van der Waals surface area contributed by atoms with Gasteiger partial charge in [-0.1, -0.05) is 0 Å². The fraction of sp³-hybridized carbons (Fsp3) is 0.686. The average Bonchev–Trinajstić information content (AvgIpc) is 3.22. The maximum atomic E-state index is 13.5. The number of piperidine rings is 3. The van der Waals surface area contributed by atoms with Crippen LogP contribution in [0.15, 0.2) is 12.1 Å². The Morgan fingerprint density at radius 2 is 1.51 bits per heavy atom. The van der Waals surface area contributed by atoms with E-state index in [2.05, 4.69) is 10.2 Å². The molecule has 1 atom stereocenters. The van der Waals surface area contributed by atoms with E-state index in [1.54, 1.807) is 17.0 Å². The number of benzene rings is 1. The summed E-state index contributed by atoms with van der Waals surface area (Å²) in [4.78, 5) is 68.8. The molecule has 47 heavy (non-hydrogen) atoms. The van der Waals surface area contributed by atoms with Crippen LogP contribution in [0.2, 0.25) is 0 Å². The molecule has 5 aliphatic rings. The molecule has 12 heteroatoms. The van der Waals surface area contributed by atoms with Gasteiger partial charge in [-0.25, -0.2) is 4.79 Å². The SMILES string of the molecule is CC(C)Oc1cc2c(cc1C1CCN(C3CC(OC4CCN(C(=O)OC(C)(C)C)CC4)C3)CC1)C(=O)N(C1CCC(=O)NC1=O)C2=O. The number of ether oxygens (including phenoxy) is 3. The number of hydrogen-bond acceptors (Lipinski definition) is 9. The van der Waals surface area contributed by atoms with Gasteiger partial charge in [-0.15, -0.1) is 0 Å². The molecule has 3 saturated heterocycles. The van der Waals surface area contributed by atoms with Gasteiger partial charge in [0.2, 0.25) is 11.8 Å². The summed E-state index contributed by atoms with van der Waals surface area (Å²) in [5.41, 5.74) is 0.971. The topological polar surface area (TPSA) is 135 Å². The second kappa shape index (κ2) is 13.2. The van der Waals surface area contributed by atoms with E-state index in [9.17, 15) is 24.0 Å². The minimum absolute atomic E-state index is 0.0817. The molecule has 0 aromatic heterocycles. The second-order valence-corrected chi connectivity index (χ2v) is 14.9. The summed E-state index contributed by atoms with van der Waals surface area (Å²) in [6, 6.07) is 2.97. The fourth-order valence-corrected chi connectivity index (χ4v) is 7.48. The van der Waals surface area contributed by atoms with Crippen molar-refractivity contribution >= 4 is 29.7 Å². The van der Waals surface area contributed by atoms with E-state index >= 15 is 0 Å². The first-order valence-electron chi connectivity index (χ1n) is 17.2. The van der Waals surface area contributed by atoms with Crippen LogP contribution in [0.1, 0.15) is 118 Å². The molecule has 1 aliphatic carbocycles. The lowest BCUT2D eigenvalue weighted by Crippen LogP contribution is -2.54. The smallest absolute Gasteiger partial charge is 0.410 e. The van der Waals surface area contributed by atoms with Crippen molar-refractivity contribution in [2.75, 3.05) is 26.2 Å². The third kappa shape index (κ3) is 7.18.